The lowest BCUT2D eigenvalue weighted by atomic mass is 9.80. The molecule has 1 heterocycles. The highest BCUT2D eigenvalue weighted by molar-refractivity contribution is 7.09. The average Bonchev–Trinajstić information content (AvgIpc) is 3.20. The molecule has 2 nitrogen and oxygen atoms in total. The molecule has 3 aliphatic carbocycles. The summed E-state index contributed by atoms with van der Waals surface area (Å²) < 4.78 is 0. The first kappa shape index (κ1) is 10.5. The van der Waals surface area contributed by atoms with Crippen LogP contribution in [0.4, 0.5) is 0 Å². The molecule has 1 N–H and O–H groups in total. The molecule has 0 aliphatic heterocycles. The molecular formula is C14H20N2S. The number of thiazole rings is 1. The topological polar surface area (TPSA) is 24.9 Å². The summed E-state index contributed by atoms with van der Waals surface area (Å²) in [5.41, 5.74) is 0.550. The van der Waals surface area contributed by atoms with Gasteiger partial charge < -0.3 is 5.32 Å². The molecule has 3 aliphatic rings. The van der Waals surface area contributed by atoms with Gasteiger partial charge in [-0.3, -0.25) is 0 Å². The highest BCUT2D eigenvalue weighted by atomic mass is 32.1. The van der Waals surface area contributed by atoms with Crippen LogP contribution in [0.1, 0.15) is 37.1 Å². The van der Waals surface area contributed by atoms with Crippen molar-refractivity contribution in [3.63, 3.8) is 0 Å². The minimum absolute atomic E-state index is 0.550. The lowest BCUT2D eigenvalue weighted by Crippen LogP contribution is -2.36. The Hall–Kier alpha value is -0.410. The van der Waals surface area contributed by atoms with Crippen molar-refractivity contribution in [1.82, 2.24) is 10.3 Å². The van der Waals surface area contributed by atoms with Crippen LogP contribution in [0, 0.1) is 17.3 Å². The standard InChI is InChI=1S/C14H20N2S/c1-2-12(1)16-9-14(6-10-5-11(10)7-14)8-13-15-3-4-17-13/h3-4,10-12,16H,1-2,5-9H2. The molecule has 4 rings (SSSR count). The Morgan fingerprint density at radius 1 is 1.35 bits per heavy atom. The third-order valence-corrected chi connectivity index (χ3v) is 5.59. The van der Waals surface area contributed by atoms with Crippen molar-refractivity contribution in [2.24, 2.45) is 17.3 Å². The van der Waals surface area contributed by atoms with Crippen LogP contribution in [0.3, 0.4) is 0 Å². The third kappa shape index (κ3) is 2.15. The second kappa shape index (κ2) is 3.79. The van der Waals surface area contributed by atoms with Gasteiger partial charge in [0.2, 0.25) is 0 Å². The summed E-state index contributed by atoms with van der Waals surface area (Å²) in [4.78, 5) is 4.50. The number of rotatable bonds is 5. The van der Waals surface area contributed by atoms with Crippen molar-refractivity contribution in [2.45, 2.75) is 44.6 Å². The molecule has 2 unspecified atom stereocenters. The Morgan fingerprint density at radius 3 is 2.82 bits per heavy atom. The molecule has 0 radical (unpaired) electrons. The quantitative estimate of drug-likeness (QED) is 0.866. The first-order valence-electron chi connectivity index (χ1n) is 6.95. The van der Waals surface area contributed by atoms with Crippen molar-refractivity contribution >= 4 is 11.3 Å². The molecule has 2 atom stereocenters. The fraction of sp³-hybridized carbons (Fsp3) is 0.786. The van der Waals surface area contributed by atoms with E-state index in [1.807, 2.05) is 17.5 Å². The number of nitrogens with one attached hydrogen (secondary N) is 1. The van der Waals surface area contributed by atoms with Crippen LogP contribution in [0.2, 0.25) is 0 Å². The predicted octanol–water partition coefficient (Wildman–Crippen LogP) is 2.85. The predicted molar refractivity (Wildman–Crippen MR) is 70.1 cm³/mol. The lowest BCUT2D eigenvalue weighted by Gasteiger charge is -2.30. The molecule has 92 valence electrons. The number of hydrogen-bond donors (Lipinski definition) is 1. The van der Waals surface area contributed by atoms with Gasteiger partial charge in [0.15, 0.2) is 0 Å². The smallest absolute Gasteiger partial charge is 0.0930 e. The average molecular weight is 248 g/mol. The maximum Gasteiger partial charge on any atom is 0.0930 e. The van der Waals surface area contributed by atoms with Crippen LogP contribution in [-0.4, -0.2) is 17.6 Å². The van der Waals surface area contributed by atoms with Crippen molar-refractivity contribution in [3.05, 3.63) is 16.6 Å². The molecule has 17 heavy (non-hydrogen) atoms. The number of hydrogen-bond acceptors (Lipinski definition) is 3. The second-order valence-electron chi connectivity index (χ2n) is 6.42. The minimum atomic E-state index is 0.550. The summed E-state index contributed by atoms with van der Waals surface area (Å²) in [5, 5.41) is 7.24. The molecular weight excluding hydrogens is 228 g/mol. The van der Waals surface area contributed by atoms with Gasteiger partial charge in [-0.15, -0.1) is 11.3 Å². The highest BCUT2D eigenvalue weighted by Gasteiger charge is 2.53. The number of nitrogens with zero attached hydrogens (tertiary/aromatic N) is 1. The van der Waals surface area contributed by atoms with Gasteiger partial charge in [-0.05, 0) is 49.4 Å². The molecule has 3 heteroatoms. The Morgan fingerprint density at radius 2 is 2.18 bits per heavy atom. The number of aromatic nitrogens is 1. The fourth-order valence-electron chi connectivity index (χ4n) is 3.67. The second-order valence-corrected chi connectivity index (χ2v) is 7.40. The molecule has 0 aromatic carbocycles. The Labute approximate surface area is 107 Å². The van der Waals surface area contributed by atoms with E-state index in [4.69, 9.17) is 0 Å². The van der Waals surface area contributed by atoms with E-state index in [1.165, 1.54) is 50.1 Å². The normalized spacial score (nSPS) is 39.3. The van der Waals surface area contributed by atoms with Gasteiger partial charge >= 0.3 is 0 Å². The third-order valence-electron chi connectivity index (χ3n) is 4.81. The molecule has 0 spiro atoms. The Balaban J connectivity index is 1.46. The summed E-state index contributed by atoms with van der Waals surface area (Å²) in [5.74, 6) is 2.13. The molecule has 1 aromatic rings. The largest absolute Gasteiger partial charge is 0.313 e. The minimum Gasteiger partial charge on any atom is -0.313 e. The van der Waals surface area contributed by atoms with E-state index in [1.54, 1.807) is 0 Å². The first-order valence-corrected chi connectivity index (χ1v) is 7.83. The van der Waals surface area contributed by atoms with E-state index < -0.39 is 0 Å². The first-order chi connectivity index (χ1) is 8.33. The van der Waals surface area contributed by atoms with Crippen LogP contribution >= 0.6 is 11.3 Å². The summed E-state index contributed by atoms with van der Waals surface area (Å²) in [7, 11) is 0. The molecule has 3 fully saturated rings. The van der Waals surface area contributed by atoms with Crippen LogP contribution < -0.4 is 5.32 Å². The zero-order chi connectivity index (χ0) is 11.3. The van der Waals surface area contributed by atoms with Gasteiger partial charge in [-0.2, -0.15) is 0 Å². The van der Waals surface area contributed by atoms with Crippen molar-refractivity contribution in [1.29, 1.82) is 0 Å². The fourth-order valence-corrected chi connectivity index (χ4v) is 4.46. The Bertz CT molecular complexity index is 386. The maximum atomic E-state index is 4.50. The van der Waals surface area contributed by atoms with E-state index >= 15 is 0 Å². The van der Waals surface area contributed by atoms with Crippen LogP contribution in [0.15, 0.2) is 11.6 Å². The molecule has 3 saturated carbocycles. The molecule has 0 bridgehead atoms. The summed E-state index contributed by atoms with van der Waals surface area (Å²) >= 11 is 1.84. The van der Waals surface area contributed by atoms with Gasteiger partial charge in [0.1, 0.15) is 0 Å². The van der Waals surface area contributed by atoms with Crippen LogP contribution in [-0.2, 0) is 6.42 Å². The van der Waals surface area contributed by atoms with Gasteiger partial charge in [-0.1, -0.05) is 0 Å². The lowest BCUT2D eigenvalue weighted by molar-refractivity contribution is 0.247. The van der Waals surface area contributed by atoms with E-state index in [0.29, 0.717) is 5.41 Å². The van der Waals surface area contributed by atoms with E-state index in [9.17, 15) is 0 Å². The highest BCUT2D eigenvalue weighted by Crippen LogP contribution is 2.60. The van der Waals surface area contributed by atoms with Gasteiger partial charge in [0.25, 0.3) is 0 Å². The van der Waals surface area contributed by atoms with E-state index in [2.05, 4.69) is 15.7 Å². The summed E-state index contributed by atoms with van der Waals surface area (Å²) in [6.45, 7) is 1.24. The molecule has 0 saturated heterocycles. The van der Waals surface area contributed by atoms with Crippen molar-refractivity contribution in [2.75, 3.05) is 6.54 Å². The van der Waals surface area contributed by atoms with Gasteiger partial charge in [0.05, 0.1) is 5.01 Å². The van der Waals surface area contributed by atoms with E-state index in [-0.39, 0.29) is 0 Å². The summed E-state index contributed by atoms with van der Waals surface area (Å²) in [6.07, 6.45) is 10.4. The SMILES string of the molecule is c1csc(CC2(CNC3CC3)CC3CC3C2)n1. The van der Waals surface area contributed by atoms with Gasteiger partial charge in [0, 0.05) is 30.6 Å². The summed E-state index contributed by atoms with van der Waals surface area (Å²) in [6, 6.07) is 0.847. The molecule has 1 aromatic heterocycles. The van der Waals surface area contributed by atoms with Crippen LogP contribution in [0.25, 0.3) is 0 Å². The van der Waals surface area contributed by atoms with Gasteiger partial charge in [-0.25, -0.2) is 4.98 Å². The van der Waals surface area contributed by atoms with Crippen molar-refractivity contribution < 1.29 is 0 Å². The monoisotopic (exact) mass is 248 g/mol. The molecule has 0 amide bonds. The number of fused-ring (bicyclic) bond motifs is 1. The zero-order valence-electron chi connectivity index (χ0n) is 10.2. The zero-order valence-corrected chi connectivity index (χ0v) is 11.0. The Kier molecular flexibility index (Phi) is 2.34. The van der Waals surface area contributed by atoms with Crippen LogP contribution in [0.5, 0.6) is 0 Å². The van der Waals surface area contributed by atoms with Crippen molar-refractivity contribution in [3.8, 4) is 0 Å². The van der Waals surface area contributed by atoms with E-state index in [0.717, 1.165) is 17.9 Å². The maximum absolute atomic E-state index is 4.50.